The highest BCUT2D eigenvalue weighted by Crippen LogP contribution is 2.42. The van der Waals surface area contributed by atoms with Crippen LogP contribution in [0, 0.1) is 13.8 Å². The van der Waals surface area contributed by atoms with Crippen molar-refractivity contribution < 1.29 is 4.79 Å². The van der Waals surface area contributed by atoms with E-state index in [1.165, 1.54) is 21.6 Å². The Balaban J connectivity index is 1.75. The molecule has 1 aliphatic heterocycles. The second-order valence-electron chi connectivity index (χ2n) is 8.14. The van der Waals surface area contributed by atoms with Gasteiger partial charge in [0.2, 0.25) is 0 Å². The summed E-state index contributed by atoms with van der Waals surface area (Å²) < 4.78 is 0. The van der Waals surface area contributed by atoms with E-state index in [1.54, 1.807) is 11.3 Å². The molecular weight excluding hydrogens is 426 g/mol. The molecule has 0 saturated carbocycles. The fourth-order valence-electron chi connectivity index (χ4n) is 4.12. The van der Waals surface area contributed by atoms with E-state index in [4.69, 9.17) is 11.6 Å². The van der Waals surface area contributed by atoms with Gasteiger partial charge in [0.25, 0.3) is 5.91 Å². The summed E-state index contributed by atoms with van der Waals surface area (Å²) >= 11 is 7.85. The third-order valence-electron chi connectivity index (χ3n) is 6.06. The van der Waals surface area contributed by atoms with Crippen molar-refractivity contribution in [2.45, 2.75) is 19.9 Å². The molecule has 0 radical (unpaired) electrons. The van der Waals surface area contributed by atoms with Gasteiger partial charge in [-0.15, -0.1) is 11.3 Å². The minimum Gasteiger partial charge on any atom is -0.313 e. The molecule has 1 saturated heterocycles. The van der Waals surface area contributed by atoms with Crippen molar-refractivity contribution in [1.82, 2.24) is 9.80 Å². The predicted molar refractivity (Wildman–Crippen MR) is 131 cm³/mol. The highest BCUT2D eigenvalue weighted by atomic mass is 35.5. The van der Waals surface area contributed by atoms with Crippen molar-refractivity contribution in [3.05, 3.63) is 86.8 Å². The molecule has 1 amide bonds. The maximum absolute atomic E-state index is 13.0. The van der Waals surface area contributed by atoms with E-state index in [9.17, 15) is 4.79 Å². The van der Waals surface area contributed by atoms with Gasteiger partial charge in [-0.2, -0.15) is 0 Å². The lowest BCUT2D eigenvalue weighted by Crippen LogP contribution is -2.46. The van der Waals surface area contributed by atoms with Crippen molar-refractivity contribution in [1.29, 1.82) is 0 Å². The number of piperazine rings is 1. The van der Waals surface area contributed by atoms with Crippen molar-refractivity contribution in [2.75, 3.05) is 38.5 Å². The Bertz CT molecular complexity index is 1040. The summed E-state index contributed by atoms with van der Waals surface area (Å²) in [5.74, 6) is -0.0728. The molecule has 2 heterocycles. The number of benzene rings is 2. The zero-order valence-corrected chi connectivity index (χ0v) is 19.8. The van der Waals surface area contributed by atoms with Gasteiger partial charge in [-0.25, -0.2) is 0 Å². The van der Waals surface area contributed by atoms with E-state index < -0.39 is 0 Å². The largest absolute Gasteiger partial charge is 0.313 e. The predicted octanol–water partition coefficient (Wildman–Crippen LogP) is 5.61. The first-order valence-electron chi connectivity index (χ1n) is 10.6. The molecule has 31 heavy (non-hydrogen) atoms. The first kappa shape index (κ1) is 22.0. The van der Waals surface area contributed by atoms with Crippen LogP contribution in [0.3, 0.4) is 0 Å². The lowest BCUT2D eigenvalue weighted by atomic mass is 9.94. The van der Waals surface area contributed by atoms with Crippen molar-refractivity contribution in [3.8, 4) is 0 Å². The average Bonchev–Trinajstić information content (AvgIpc) is 3.05. The van der Waals surface area contributed by atoms with Gasteiger partial charge in [0, 0.05) is 47.2 Å². The monoisotopic (exact) mass is 453 g/mol. The normalized spacial score (nSPS) is 16.3. The van der Waals surface area contributed by atoms with Crippen LogP contribution in [0.1, 0.15) is 38.0 Å². The molecule has 1 aromatic heterocycles. The summed E-state index contributed by atoms with van der Waals surface area (Å²) in [6.45, 7) is 8.30. The van der Waals surface area contributed by atoms with Crippen LogP contribution in [0.2, 0.25) is 5.02 Å². The fourth-order valence-corrected chi connectivity index (χ4v) is 5.33. The Morgan fingerprint density at radius 3 is 2.29 bits per heavy atom. The van der Waals surface area contributed by atoms with Crippen molar-refractivity contribution in [3.63, 3.8) is 0 Å². The second-order valence-corrected chi connectivity index (χ2v) is 9.80. The molecule has 162 valence electrons. The number of halogens is 1. The van der Waals surface area contributed by atoms with E-state index in [0.717, 1.165) is 36.2 Å². The Morgan fingerprint density at radius 2 is 1.65 bits per heavy atom. The van der Waals surface area contributed by atoms with E-state index in [1.807, 2.05) is 42.5 Å². The van der Waals surface area contributed by atoms with E-state index in [0.29, 0.717) is 5.56 Å². The van der Waals surface area contributed by atoms with Crippen molar-refractivity contribution >= 4 is 33.8 Å². The summed E-state index contributed by atoms with van der Waals surface area (Å²) in [5.41, 5.74) is 4.30. The molecule has 0 spiro atoms. The number of anilines is 1. The number of hydrogen-bond donors (Lipinski definition) is 1. The molecule has 4 nitrogen and oxygen atoms in total. The standard InChI is InChI=1S/C25H28ClN3OS/c1-17-18(2)31-25(27-24(30)20-7-5-4-6-8-20)22(17)23(19-9-11-21(26)12-10-19)29-15-13-28(3)14-16-29/h4-12,23H,13-16H2,1-3H3,(H,27,30)/t23-/m1/s1. The molecule has 2 aromatic carbocycles. The summed E-state index contributed by atoms with van der Waals surface area (Å²) in [4.78, 5) is 19.1. The Morgan fingerprint density at radius 1 is 1.00 bits per heavy atom. The number of likely N-dealkylation sites (N-methyl/N-ethyl adjacent to an activating group) is 1. The summed E-state index contributed by atoms with van der Waals surface area (Å²) in [5, 5.41) is 4.88. The molecule has 0 unspecified atom stereocenters. The zero-order chi connectivity index (χ0) is 22.0. The third-order valence-corrected chi connectivity index (χ3v) is 7.45. The summed E-state index contributed by atoms with van der Waals surface area (Å²) in [7, 11) is 2.17. The SMILES string of the molecule is Cc1sc(NC(=O)c2ccccc2)c([C@@H](c2ccc(Cl)cc2)N2CCN(C)CC2)c1C. The molecule has 0 bridgehead atoms. The topological polar surface area (TPSA) is 35.6 Å². The molecule has 1 aliphatic rings. The van der Waals surface area contributed by atoms with Crippen LogP contribution >= 0.6 is 22.9 Å². The summed E-state index contributed by atoms with van der Waals surface area (Å²) in [6, 6.07) is 17.6. The number of aryl methyl sites for hydroxylation is 1. The number of carbonyl (C=O) groups excluding carboxylic acids is 1. The van der Waals surface area contributed by atoms with Gasteiger partial charge in [-0.1, -0.05) is 41.9 Å². The van der Waals surface area contributed by atoms with E-state index >= 15 is 0 Å². The van der Waals surface area contributed by atoms with Crippen LogP contribution in [0.4, 0.5) is 5.00 Å². The number of nitrogens with one attached hydrogen (secondary N) is 1. The van der Waals surface area contributed by atoms with Gasteiger partial charge < -0.3 is 10.2 Å². The van der Waals surface area contributed by atoms with E-state index in [2.05, 4.69) is 48.1 Å². The molecule has 4 rings (SSSR count). The molecular formula is C25H28ClN3OS. The van der Waals surface area contributed by atoms with Crippen LogP contribution in [-0.4, -0.2) is 48.9 Å². The number of rotatable bonds is 5. The average molecular weight is 454 g/mol. The zero-order valence-electron chi connectivity index (χ0n) is 18.2. The van der Waals surface area contributed by atoms with Crippen LogP contribution in [-0.2, 0) is 0 Å². The lowest BCUT2D eigenvalue weighted by molar-refractivity contribution is 0.102. The summed E-state index contributed by atoms with van der Waals surface area (Å²) in [6.07, 6.45) is 0. The third kappa shape index (κ3) is 4.85. The van der Waals surface area contributed by atoms with Crippen LogP contribution in [0.5, 0.6) is 0 Å². The Labute approximate surface area is 193 Å². The Kier molecular flexibility index (Phi) is 6.77. The van der Waals surface area contributed by atoms with E-state index in [-0.39, 0.29) is 11.9 Å². The highest BCUT2D eigenvalue weighted by molar-refractivity contribution is 7.16. The van der Waals surface area contributed by atoms with Gasteiger partial charge in [0.1, 0.15) is 5.00 Å². The molecule has 1 N–H and O–H groups in total. The first-order chi connectivity index (χ1) is 14.9. The van der Waals surface area contributed by atoms with Crippen LogP contribution in [0.25, 0.3) is 0 Å². The molecule has 6 heteroatoms. The lowest BCUT2D eigenvalue weighted by Gasteiger charge is -2.39. The Hall–Kier alpha value is -2.18. The van der Waals surface area contributed by atoms with Crippen LogP contribution < -0.4 is 5.32 Å². The van der Waals surface area contributed by atoms with Crippen molar-refractivity contribution in [2.24, 2.45) is 0 Å². The highest BCUT2D eigenvalue weighted by Gasteiger charge is 2.31. The molecule has 0 aliphatic carbocycles. The number of nitrogens with zero attached hydrogens (tertiary/aromatic N) is 2. The molecule has 1 fully saturated rings. The first-order valence-corrected chi connectivity index (χ1v) is 11.8. The molecule has 3 aromatic rings. The van der Waals surface area contributed by atoms with Gasteiger partial charge in [0.05, 0.1) is 6.04 Å². The second kappa shape index (κ2) is 9.53. The fraction of sp³-hybridized carbons (Fsp3) is 0.320. The number of amides is 1. The van der Waals surface area contributed by atoms with Gasteiger partial charge in [-0.05, 0) is 56.3 Å². The quantitative estimate of drug-likeness (QED) is 0.545. The number of hydrogen-bond acceptors (Lipinski definition) is 4. The number of carbonyl (C=O) groups is 1. The van der Waals surface area contributed by atoms with Crippen LogP contribution in [0.15, 0.2) is 54.6 Å². The minimum absolute atomic E-state index is 0.0713. The maximum atomic E-state index is 13.0. The van der Waals surface area contributed by atoms with Gasteiger partial charge >= 0.3 is 0 Å². The smallest absolute Gasteiger partial charge is 0.256 e. The minimum atomic E-state index is -0.0728. The number of thiophene rings is 1. The maximum Gasteiger partial charge on any atom is 0.256 e. The van der Waals surface area contributed by atoms with Gasteiger partial charge in [0.15, 0.2) is 0 Å². The molecule has 1 atom stereocenters. The van der Waals surface area contributed by atoms with Gasteiger partial charge in [-0.3, -0.25) is 9.69 Å².